The Morgan fingerprint density at radius 1 is 1.11 bits per heavy atom. The molecule has 2 aromatic carbocycles. The van der Waals surface area contributed by atoms with Crippen molar-refractivity contribution in [2.75, 3.05) is 22.4 Å². The molecular weight excluding hydrogens is 384 g/mol. The van der Waals surface area contributed by atoms with Gasteiger partial charge in [-0.3, -0.25) is 9.10 Å². The second kappa shape index (κ2) is 7.90. The molecule has 1 N–H and O–H groups in total. The lowest BCUT2D eigenvalue weighted by atomic mass is 9.87. The molecule has 146 valence electrons. The zero-order valence-corrected chi connectivity index (χ0v) is 17.8. The number of amides is 1. The minimum absolute atomic E-state index is 0.0451. The minimum atomic E-state index is -3.62. The lowest BCUT2D eigenvalue weighted by Crippen LogP contribution is -2.37. The number of sulfonamides is 1. The zero-order valence-electron chi connectivity index (χ0n) is 16.2. The molecule has 0 spiro atoms. The first-order valence-electron chi connectivity index (χ1n) is 8.52. The number of anilines is 2. The summed E-state index contributed by atoms with van der Waals surface area (Å²) in [7, 11) is -3.62. The summed E-state index contributed by atoms with van der Waals surface area (Å²) in [6, 6.07) is 12.4. The number of nitrogens with zero attached hydrogens (tertiary/aromatic N) is 1. The van der Waals surface area contributed by atoms with Crippen LogP contribution >= 0.6 is 11.6 Å². The summed E-state index contributed by atoms with van der Waals surface area (Å²) in [5.74, 6) is -0.444. The summed E-state index contributed by atoms with van der Waals surface area (Å²) in [5, 5.41) is 3.22. The van der Waals surface area contributed by atoms with Crippen LogP contribution in [-0.2, 0) is 20.2 Å². The number of benzene rings is 2. The van der Waals surface area contributed by atoms with E-state index in [2.05, 4.69) is 26.1 Å². The van der Waals surface area contributed by atoms with Gasteiger partial charge in [0.1, 0.15) is 6.54 Å². The smallest absolute Gasteiger partial charge is 0.245 e. The van der Waals surface area contributed by atoms with Gasteiger partial charge in [-0.05, 0) is 47.7 Å². The maximum absolute atomic E-state index is 12.4. The second-order valence-electron chi connectivity index (χ2n) is 7.58. The van der Waals surface area contributed by atoms with Crippen LogP contribution in [0, 0.1) is 6.92 Å². The Labute approximate surface area is 166 Å². The average molecular weight is 409 g/mol. The molecule has 0 atom stereocenters. The van der Waals surface area contributed by atoms with Gasteiger partial charge in [-0.15, -0.1) is 0 Å². The monoisotopic (exact) mass is 408 g/mol. The molecule has 0 unspecified atom stereocenters. The van der Waals surface area contributed by atoms with Crippen LogP contribution in [0.15, 0.2) is 42.5 Å². The van der Waals surface area contributed by atoms with Crippen LogP contribution < -0.4 is 9.62 Å². The molecule has 0 fully saturated rings. The standard InChI is InChI=1S/C20H25ClN2O3S/c1-14-6-9-16(12-18(14)21)22-19(24)13-23(27(5,25)26)17-10-7-15(8-11-17)20(2,3)4/h6-12H,13H2,1-5H3,(H,22,24). The van der Waals surface area contributed by atoms with Gasteiger partial charge in [0, 0.05) is 10.7 Å². The summed E-state index contributed by atoms with van der Waals surface area (Å²) >= 11 is 6.07. The molecule has 0 aliphatic heterocycles. The van der Waals surface area contributed by atoms with E-state index in [0.717, 1.165) is 21.7 Å². The molecule has 0 saturated carbocycles. The number of hydrogen-bond acceptors (Lipinski definition) is 3. The van der Waals surface area contributed by atoms with Crippen molar-refractivity contribution in [2.45, 2.75) is 33.1 Å². The first kappa shape index (κ1) is 21.3. The fourth-order valence-corrected chi connectivity index (χ4v) is 3.57. The summed E-state index contributed by atoms with van der Waals surface area (Å²) in [4.78, 5) is 12.4. The molecule has 0 saturated heterocycles. The van der Waals surface area contributed by atoms with E-state index in [1.54, 1.807) is 30.3 Å². The van der Waals surface area contributed by atoms with Gasteiger partial charge in [-0.1, -0.05) is 50.6 Å². The second-order valence-corrected chi connectivity index (χ2v) is 9.89. The van der Waals surface area contributed by atoms with Crippen LogP contribution in [0.4, 0.5) is 11.4 Å². The van der Waals surface area contributed by atoms with E-state index in [1.807, 2.05) is 19.1 Å². The maximum atomic E-state index is 12.4. The van der Waals surface area contributed by atoms with Gasteiger partial charge in [0.05, 0.1) is 11.9 Å². The summed E-state index contributed by atoms with van der Waals surface area (Å²) in [6.45, 7) is 7.78. The molecule has 1 amide bonds. The third-order valence-electron chi connectivity index (χ3n) is 4.16. The maximum Gasteiger partial charge on any atom is 0.245 e. The van der Waals surface area contributed by atoms with Gasteiger partial charge in [0.25, 0.3) is 0 Å². The normalized spacial score (nSPS) is 11.9. The number of carbonyl (C=O) groups is 1. The lowest BCUT2D eigenvalue weighted by Gasteiger charge is -2.24. The Bertz CT molecular complexity index is 933. The van der Waals surface area contributed by atoms with E-state index < -0.39 is 15.9 Å². The fraction of sp³-hybridized carbons (Fsp3) is 0.350. The zero-order chi connectivity index (χ0) is 20.4. The number of nitrogens with one attached hydrogen (secondary N) is 1. The van der Waals surface area contributed by atoms with Crippen molar-refractivity contribution in [3.8, 4) is 0 Å². The predicted octanol–water partition coefficient (Wildman–Crippen LogP) is 4.35. The first-order chi connectivity index (χ1) is 12.4. The molecule has 0 heterocycles. The first-order valence-corrected chi connectivity index (χ1v) is 10.7. The molecule has 2 rings (SSSR count). The highest BCUT2D eigenvalue weighted by Crippen LogP contribution is 2.26. The number of carbonyl (C=O) groups excluding carboxylic acids is 1. The van der Waals surface area contributed by atoms with E-state index in [1.165, 1.54) is 0 Å². The van der Waals surface area contributed by atoms with E-state index in [4.69, 9.17) is 11.6 Å². The van der Waals surface area contributed by atoms with Gasteiger partial charge in [0.2, 0.25) is 15.9 Å². The van der Waals surface area contributed by atoms with Crippen molar-refractivity contribution in [1.82, 2.24) is 0 Å². The van der Waals surface area contributed by atoms with Crippen molar-refractivity contribution in [3.63, 3.8) is 0 Å². The fourth-order valence-electron chi connectivity index (χ4n) is 2.53. The molecular formula is C20H25ClN2O3S. The molecule has 0 aliphatic rings. The molecule has 0 aromatic heterocycles. The van der Waals surface area contributed by atoms with Gasteiger partial charge in [-0.25, -0.2) is 8.42 Å². The molecule has 0 aliphatic carbocycles. The summed E-state index contributed by atoms with van der Waals surface area (Å²) in [6.07, 6.45) is 1.08. The van der Waals surface area contributed by atoms with Gasteiger partial charge >= 0.3 is 0 Å². The summed E-state index contributed by atoms with van der Waals surface area (Å²) in [5.41, 5.74) is 2.90. The largest absolute Gasteiger partial charge is 0.324 e. The number of hydrogen-bond donors (Lipinski definition) is 1. The Morgan fingerprint density at radius 3 is 2.19 bits per heavy atom. The van der Waals surface area contributed by atoms with Gasteiger partial charge in [-0.2, -0.15) is 0 Å². The van der Waals surface area contributed by atoms with Crippen LogP contribution in [0.3, 0.4) is 0 Å². The van der Waals surface area contributed by atoms with Crippen LogP contribution in [0.25, 0.3) is 0 Å². The molecule has 5 nitrogen and oxygen atoms in total. The topological polar surface area (TPSA) is 66.5 Å². The number of aryl methyl sites for hydroxylation is 1. The van der Waals surface area contributed by atoms with Gasteiger partial charge in [0.15, 0.2) is 0 Å². The highest BCUT2D eigenvalue weighted by Gasteiger charge is 2.22. The summed E-state index contributed by atoms with van der Waals surface area (Å²) < 4.78 is 25.5. The van der Waals surface area contributed by atoms with E-state index in [9.17, 15) is 13.2 Å². The number of halogens is 1. The number of rotatable bonds is 5. The highest BCUT2D eigenvalue weighted by atomic mass is 35.5. The van der Waals surface area contributed by atoms with Gasteiger partial charge < -0.3 is 5.32 Å². The van der Waals surface area contributed by atoms with Crippen molar-refractivity contribution in [1.29, 1.82) is 0 Å². The molecule has 2 aromatic rings. The Kier molecular flexibility index (Phi) is 6.22. The molecule has 0 bridgehead atoms. The molecule has 27 heavy (non-hydrogen) atoms. The van der Waals surface area contributed by atoms with E-state index in [0.29, 0.717) is 16.4 Å². The molecule has 7 heteroatoms. The Balaban J connectivity index is 2.22. The van der Waals surface area contributed by atoms with Crippen molar-refractivity contribution in [3.05, 3.63) is 58.6 Å². The van der Waals surface area contributed by atoms with E-state index >= 15 is 0 Å². The Morgan fingerprint density at radius 2 is 1.70 bits per heavy atom. The van der Waals surface area contributed by atoms with E-state index in [-0.39, 0.29) is 12.0 Å². The third-order valence-corrected chi connectivity index (χ3v) is 5.71. The highest BCUT2D eigenvalue weighted by molar-refractivity contribution is 7.92. The molecule has 0 radical (unpaired) electrons. The lowest BCUT2D eigenvalue weighted by molar-refractivity contribution is -0.114. The van der Waals surface area contributed by atoms with Crippen molar-refractivity contribution < 1.29 is 13.2 Å². The average Bonchev–Trinajstić information content (AvgIpc) is 2.54. The van der Waals surface area contributed by atoms with Crippen molar-refractivity contribution in [2.24, 2.45) is 0 Å². The predicted molar refractivity (Wildman–Crippen MR) is 112 cm³/mol. The van der Waals surface area contributed by atoms with Crippen LogP contribution in [0.5, 0.6) is 0 Å². The van der Waals surface area contributed by atoms with Crippen LogP contribution in [-0.4, -0.2) is 27.1 Å². The Hall–Kier alpha value is -2.05. The third kappa shape index (κ3) is 5.71. The quantitative estimate of drug-likeness (QED) is 0.799. The van der Waals surface area contributed by atoms with Crippen LogP contribution in [0.2, 0.25) is 5.02 Å². The minimum Gasteiger partial charge on any atom is -0.324 e. The van der Waals surface area contributed by atoms with Crippen molar-refractivity contribution >= 4 is 38.9 Å². The SMILES string of the molecule is Cc1ccc(NC(=O)CN(c2ccc(C(C)(C)C)cc2)S(C)(=O)=O)cc1Cl. The van der Waals surface area contributed by atoms with Crippen LogP contribution in [0.1, 0.15) is 31.9 Å².